The molecule has 104 valence electrons. The average Bonchev–Trinajstić information content (AvgIpc) is 2.42. The van der Waals surface area contributed by atoms with E-state index < -0.39 is 0 Å². The topological polar surface area (TPSA) is 32.3 Å². The molecule has 1 N–H and O–H groups in total. The summed E-state index contributed by atoms with van der Waals surface area (Å²) < 4.78 is 0. The van der Waals surface area contributed by atoms with Crippen LogP contribution in [0, 0.1) is 20.8 Å². The van der Waals surface area contributed by atoms with Crippen molar-refractivity contribution in [2.24, 2.45) is 0 Å². The normalized spacial score (nSPS) is 10.2. The first-order valence-electron chi connectivity index (χ1n) is 6.66. The van der Waals surface area contributed by atoms with E-state index in [1.807, 2.05) is 44.2 Å². The molecule has 0 spiro atoms. The first kappa shape index (κ1) is 14.1. The molecular formula is C17H20N2O. The van der Waals surface area contributed by atoms with Crippen molar-refractivity contribution in [3.05, 3.63) is 59.2 Å². The number of nitrogens with zero attached hydrogens (tertiary/aromatic N) is 1. The Hall–Kier alpha value is -2.29. The maximum absolute atomic E-state index is 12.3. The lowest BCUT2D eigenvalue weighted by atomic mass is 10.1. The highest BCUT2D eigenvalue weighted by atomic mass is 16.2. The van der Waals surface area contributed by atoms with Crippen molar-refractivity contribution < 1.29 is 4.79 Å². The molecule has 0 radical (unpaired) electrons. The second kappa shape index (κ2) is 5.78. The molecule has 0 aromatic heterocycles. The Morgan fingerprint density at radius 3 is 2.10 bits per heavy atom. The van der Waals surface area contributed by atoms with E-state index in [2.05, 4.69) is 24.4 Å². The summed E-state index contributed by atoms with van der Waals surface area (Å²) in [6.07, 6.45) is 0. The SMILES string of the molecule is Cc1cc(C)c(NC(=O)N(C)c2ccccc2)c(C)c1. The van der Waals surface area contributed by atoms with Gasteiger partial charge < -0.3 is 5.32 Å². The van der Waals surface area contributed by atoms with Crippen LogP contribution in [0.25, 0.3) is 0 Å². The molecule has 0 aliphatic carbocycles. The van der Waals surface area contributed by atoms with Gasteiger partial charge in [-0.2, -0.15) is 0 Å². The van der Waals surface area contributed by atoms with Crippen molar-refractivity contribution in [1.29, 1.82) is 0 Å². The molecule has 2 aromatic rings. The van der Waals surface area contributed by atoms with E-state index >= 15 is 0 Å². The molecule has 0 atom stereocenters. The highest BCUT2D eigenvalue weighted by Gasteiger charge is 2.13. The smallest absolute Gasteiger partial charge is 0.307 e. The maximum Gasteiger partial charge on any atom is 0.326 e. The summed E-state index contributed by atoms with van der Waals surface area (Å²) in [6, 6.07) is 13.6. The number of benzene rings is 2. The van der Waals surface area contributed by atoms with Crippen LogP contribution in [-0.2, 0) is 0 Å². The zero-order chi connectivity index (χ0) is 14.7. The standard InChI is InChI=1S/C17H20N2O/c1-12-10-13(2)16(14(3)11-12)18-17(20)19(4)15-8-6-5-7-9-15/h5-11H,1-4H3,(H,18,20). The molecule has 2 rings (SSSR count). The lowest BCUT2D eigenvalue weighted by molar-refractivity contribution is 0.258. The van der Waals surface area contributed by atoms with Crippen LogP contribution in [0.1, 0.15) is 16.7 Å². The predicted octanol–water partition coefficient (Wildman–Crippen LogP) is 4.28. The molecule has 0 aliphatic rings. The number of hydrogen-bond donors (Lipinski definition) is 1. The van der Waals surface area contributed by atoms with Gasteiger partial charge in [0, 0.05) is 18.4 Å². The van der Waals surface area contributed by atoms with E-state index in [4.69, 9.17) is 0 Å². The summed E-state index contributed by atoms with van der Waals surface area (Å²) in [5, 5.41) is 2.99. The maximum atomic E-state index is 12.3. The fourth-order valence-electron chi connectivity index (χ4n) is 2.34. The molecule has 0 fully saturated rings. The Kier molecular flexibility index (Phi) is 4.08. The summed E-state index contributed by atoms with van der Waals surface area (Å²) in [7, 11) is 1.77. The van der Waals surface area contributed by atoms with Gasteiger partial charge in [-0.25, -0.2) is 4.79 Å². The van der Waals surface area contributed by atoms with Gasteiger partial charge in [0.2, 0.25) is 0 Å². The van der Waals surface area contributed by atoms with Gasteiger partial charge in [-0.15, -0.1) is 0 Å². The van der Waals surface area contributed by atoms with Gasteiger partial charge in [-0.1, -0.05) is 35.9 Å². The Labute approximate surface area is 120 Å². The van der Waals surface area contributed by atoms with Crippen LogP contribution in [0.3, 0.4) is 0 Å². The Bertz CT molecular complexity index is 597. The van der Waals surface area contributed by atoms with Crippen molar-refractivity contribution in [1.82, 2.24) is 0 Å². The van der Waals surface area contributed by atoms with Crippen LogP contribution in [0.2, 0.25) is 0 Å². The van der Waals surface area contributed by atoms with Crippen molar-refractivity contribution in [3.8, 4) is 0 Å². The van der Waals surface area contributed by atoms with Gasteiger partial charge in [-0.05, 0) is 44.0 Å². The predicted molar refractivity (Wildman–Crippen MR) is 84.5 cm³/mol. The minimum Gasteiger partial charge on any atom is -0.307 e. The molecule has 2 aromatic carbocycles. The van der Waals surface area contributed by atoms with E-state index in [0.29, 0.717) is 0 Å². The quantitative estimate of drug-likeness (QED) is 0.866. The lowest BCUT2D eigenvalue weighted by Gasteiger charge is -2.20. The van der Waals surface area contributed by atoms with Crippen molar-refractivity contribution >= 4 is 17.4 Å². The number of nitrogens with one attached hydrogen (secondary N) is 1. The minimum absolute atomic E-state index is 0.133. The Balaban J connectivity index is 2.20. The van der Waals surface area contributed by atoms with Gasteiger partial charge >= 0.3 is 6.03 Å². The monoisotopic (exact) mass is 268 g/mol. The lowest BCUT2D eigenvalue weighted by Crippen LogP contribution is -2.31. The third-order valence-corrected chi connectivity index (χ3v) is 3.36. The summed E-state index contributed by atoms with van der Waals surface area (Å²) in [5.41, 5.74) is 5.12. The molecule has 0 aliphatic heterocycles. The summed E-state index contributed by atoms with van der Waals surface area (Å²) in [5.74, 6) is 0. The largest absolute Gasteiger partial charge is 0.326 e. The molecule has 3 nitrogen and oxygen atoms in total. The van der Waals surface area contributed by atoms with Gasteiger partial charge in [0.05, 0.1) is 0 Å². The second-order valence-electron chi connectivity index (χ2n) is 5.10. The highest BCUT2D eigenvalue weighted by Crippen LogP contribution is 2.23. The number of para-hydroxylation sites is 1. The molecule has 2 amide bonds. The van der Waals surface area contributed by atoms with Gasteiger partial charge in [0.25, 0.3) is 0 Å². The number of anilines is 2. The van der Waals surface area contributed by atoms with E-state index in [-0.39, 0.29) is 6.03 Å². The Morgan fingerprint density at radius 1 is 1.00 bits per heavy atom. The summed E-state index contributed by atoms with van der Waals surface area (Å²) in [4.78, 5) is 13.9. The van der Waals surface area contributed by atoms with Gasteiger partial charge in [-0.3, -0.25) is 4.90 Å². The molecule has 0 saturated carbocycles. The minimum atomic E-state index is -0.133. The van der Waals surface area contributed by atoms with Gasteiger partial charge in [0.15, 0.2) is 0 Å². The fourth-order valence-corrected chi connectivity index (χ4v) is 2.34. The van der Waals surface area contributed by atoms with Crippen molar-refractivity contribution in [2.75, 3.05) is 17.3 Å². The first-order valence-corrected chi connectivity index (χ1v) is 6.66. The molecule has 0 saturated heterocycles. The number of rotatable bonds is 2. The fraction of sp³-hybridized carbons (Fsp3) is 0.235. The van der Waals surface area contributed by atoms with E-state index in [1.54, 1.807) is 11.9 Å². The molecular weight excluding hydrogens is 248 g/mol. The summed E-state index contributed by atoms with van der Waals surface area (Å²) in [6.45, 7) is 6.08. The number of urea groups is 1. The average molecular weight is 268 g/mol. The molecule has 3 heteroatoms. The first-order chi connectivity index (χ1) is 9.49. The van der Waals surface area contributed by atoms with Crippen LogP contribution in [0.5, 0.6) is 0 Å². The van der Waals surface area contributed by atoms with Crippen LogP contribution in [-0.4, -0.2) is 13.1 Å². The third kappa shape index (κ3) is 2.99. The Morgan fingerprint density at radius 2 is 1.55 bits per heavy atom. The number of amides is 2. The van der Waals surface area contributed by atoms with Crippen molar-refractivity contribution in [3.63, 3.8) is 0 Å². The van der Waals surface area contributed by atoms with Crippen molar-refractivity contribution in [2.45, 2.75) is 20.8 Å². The van der Waals surface area contributed by atoms with E-state index in [9.17, 15) is 4.79 Å². The van der Waals surface area contributed by atoms with E-state index in [0.717, 1.165) is 22.5 Å². The van der Waals surface area contributed by atoms with Crippen LogP contribution in [0.4, 0.5) is 16.2 Å². The van der Waals surface area contributed by atoms with Crippen LogP contribution >= 0.6 is 0 Å². The molecule has 20 heavy (non-hydrogen) atoms. The second-order valence-corrected chi connectivity index (χ2v) is 5.10. The zero-order valence-electron chi connectivity index (χ0n) is 12.4. The number of carbonyl (C=O) groups is 1. The van der Waals surface area contributed by atoms with Gasteiger partial charge in [0.1, 0.15) is 0 Å². The zero-order valence-corrected chi connectivity index (χ0v) is 12.4. The number of hydrogen-bond acceptors (Lipinski definition) is 1. The molecule has 0 heterocycles. The van der Waals surface area contributed by atoms with Crippen LogP contribution in [0.15, 0.2) is 42.5 Å². The molecule has 0 bridgehead atoms. The number of aryl methyl sites for hydroxylation is 3. The molecule has 0 unspecified atom stereocenters. The highest BCUT2D eigenvalue weighted by molar-refractivity contribution is 6.02. The summed E-state index contributed by atoms with van der Waals surface area (Å²) >= 11 is 0. The van der Waals surface area contributed by atoms with E-state index in [1.165, 1.54) is 5.56 Å². The van der Waals surface area contributed by atoms with Crippen LogP contribution < -0.4 is 10.2 Å². The number of carbonyl (C=O) groups excluding carboxylic acids is 1. The third-order valence-electron chi connectivity index (χ3n) is 3.36.